The van der Waals surface area contributed by atoms with Crippen LogP contribution in [-0.4, -0.2) is 22.1 Å². The molecule has 0 fully saturated rings. The van der Waals surface area contributed by atoms with Gasteiger partial charge >= 0.3 is 5.97 Å². The van der Waals surface area contributed by atoms with Crippen molar-refractivity contribution in [1.29, 1.82) is 0 Å². The van der Waals surface area contributed by atoms with E-state index in [2.05, 4.69) is 4.98 Å². The molecule has 0 saturated heterocycles. The van der Waals surface area contributed by atoms with Crippen LogP contribution in [0.3, 0.4) is 0 Å². The van der Waals surface area contributed by atoms with Gasteiger partial charge in [0, 0.05) is 7.05 Å². The van der Waals surface area contributed by atoms with E-state index in [1.54, 1.807) is 43.7 Å². The number of carbonyl (C=O) groups is 1. The molecule has 0 saturated carbocycles. The van der Waals surface area contributed by atoms with Crippen LogP contribution in [0.2, 0.25) is 0 Å². The van der Waals surface area contributed by atoms with Crippen LogP contribution in [0.5, 0.6) is 5.75 Å². The van der Waals surface area contributed by atoms with Gasteiger partial charge in [-0.25, -0.2) is 9.78 Å². The van der Waals surface area contributed by atoms with Gasteiger partial charge in [-0.2, -0.15) is 0 Å². The molecule has 19 heavy (non-hydrogen) atoms. The third kappa shape index (κ3) is 3.34. The standard InChI is InChI=1S/C14H16N2O3/c1-3-18-14(17)11-4-6-13(7-5-11)19-9-12-8-15-10-16(12)2/h4-8,10H,3,9H2,1-2H3. The van der Waals surface area contributed by atoms with Gasteiger partial charge < -0.3 is 14.0 Å². The first kappa shape index (κ1) is 13.1. The number of hydrogen-bond acceptors (Lipinski definition) is 4. The van der Waals surface area contributed by atoms with E-state index < -0.39 is 0 Å². The van der Waals surface area contributed by atoms with Gasteiger partial charge in [-0.1, -0.05) is 0 Å². The minimum atomic E-state index is -0.319. The second-order valence-electron chi connectivity index (χ2n) is 4.03. The van der Waals surface area contributed by atoms with Crippen LogP contribution in [0, 0.1) is 0 Å². The van der Waals surface area contributed by atoms with Gasteiger partial charge in [0.05, 0.1) is 30.4 Å². The molecule has 0 bridgehead atoms. The predicted molar refractivity (Wildman–Crippen MR) is 69.9 cm³/mol. The van der Waals surface area contributed by atoms with Crippen LogP contribution in [-0.2, 0) is 18.4 Å². The lowest BCUT2D eigenvalue weighted by Crippen LogP contribution is -2.05. The van der Waals surface area contributed by atoms with Crippen molar-refractivity contribution >= 4 is 5.97 Å². The first-order valence-electron chi connectivity index (χ1n) is 6.06. The highest BCUT2D eigenvalue weighted by Crippen LogP contribution is 2.14. The molecule has 2 rings (SSSR count). The minimum absolute atomic E-state index is 0.319. The Hall–Kier alpha value is -2.30. The largest absolute Gasteiger partial charge is 0.487 e. The molecule has 0 amide bonds. The first-order valence-corrected chi connectivity index (χ1v) is 6.06. The van der Waals surface area contributed by atoms with Crippen LogP contribution in [0.4, 0.5) is 0 Å². The molecule has 0 spiro atoms. The van der Waals surface area contributed by atoms with Crippen molar-refractivity contribution < 1.29 is 14.3 Å². The zero-order chi connectivity index (χ0) is 13.7. The van der Waals surface area contributed by atoms with Crippen molar-refractivity contribution in [2.45, 2.75) is 13.5 Å². The van der Waals surface area contributed by atoms with Gasteiger partial charge in [0.15, 0.2) is 0 Å². The summed E-state index contributed by atoms with van der Waals surface area (Å²) in [5, 5.41) is 0. The molecule has 100 valence electrons. The molecule has 5 heteroatoms. The summed E-state index contributed by atoms with van der Waals surface area (Å²) in [6, 6.07) is 6.89. The van der Waals surface area contributed by atoms with E-state index in [4.69, 9.17) is 9.47 Å². The summed E-state index contributed by atoms with van der Waals surface area (Å²) >= 11 is 0. The fourth-order valence-electron chi connectivity index (χ4n) is 1.58. The molecule has 5 nitrogen and oxygen atoms in total. The predicted octanol–water partition coefficient (Wildman–Crippen LogP) is 2.18. The minimum Gasteiger partial charge on any atom is -0.487 e. The second-order valence-corrected chi connectivity index (χ2v) is 4.03. The van der Waals surface area contributed by atoms with Crippen LogP contribution < -0.4 is 4.74 Å². The summed E-state index contributed by atoms with van der Waals surface area (Å²) in [6.07, 6.45) is 3.48. The highest BCUT2D eigenvalue weighted by molar-refractivity contribution is 5.89. The second kappa shape index (κ2) is 6.04. The summed E-state index contributed by atoms with van der Waals surface area (Å²) in [6.45, 7) is 2.59. The number of esters is 1. The van der Waals surface area contributed by atoms with Crippen molar-refractivity contribution in [1.82, 2.24) is 9.55 Å². The Labute approximate surface area is 111 Å². The molecular formula is C14H16N2O3. The summed E-state index contributed by atoms with van der Waals surface area (Å²) < 4.78 is 12.4. The van der Waals surface area contributed by atoms with E-state index in [0.717, 1.165) is 5.69 Å². The van der Waals surface area contributed by atoms with E-state index in [1.807, 2.05) is 11.6 Å². The molecule has 1 aromatic carbocycles. The van der Waals surface area contributed by atoms with Gasteiger partial charge in [-0.3, -0.25) is 0 Å². The number of imidazole rings is 1. The van der Waals surface area contributed by atoms with Crippen molar-refractivity contribution in [2.24, 2.45) is 7.05 Å². The normalized spacial score (nSPS) is 10.2. The van der Waals surface area contributed by atoms with E-state index >= 15 is 0 Å². The van der Waals surface area contributed by atoms with Gasteiger partial charge in [0.25, 0.3) is 0 Å². The van der Waals surface area contributed by atoms with Crippen molar-refractivity contribution in [3.05, 3.63) is 48.0 Å². The first-order chi connectivity index (χ1) is 9.20. The van der Waals surface area contributed by atoms with E-state index in [1.165, 1.54) is 0 Å². The third-order valence-electron chi connectivity index (χ3n) is 2.67. The summed E-state index contributed by atoms with van der Waals surface area (Å²) in [5.74, 6) is 0.384. The number of ether oxygens (including phenoxy) is 2. The zero-order valence-electron chi connectivity index (χ0n) is 11.0. The molecule has 1 heterocycles. The van der Waals surface area contributed by atoms with Crippen molar-refractivity contribution in [3.8, 4) is 5.75 Å². The van der Waals surface area contributed by atoms with Gasteiger partial charge in [-0.15, -0.1) is 0 Å². The molecule has 0 N–H and O–H groups in total. The number of rotatable bonds is 5. The fraction of sp³-hybridized carbons (Fsp3) is 0.286. The van der Waals surface area contributed by atoms with Crippen LogP contribution in [0.15, 0.2) is 36.8 Å². The fourth-order valence-corrected chi connectivity index (χ4v) is 1.58. The van der Waals surface area contributed by atoms with E-state index in [-0.39, 0.29) is 5.97 Å². The lowest BCUT2D eigenvalue weighted by atomic mass is 10.2. The Kier molecular flexibility index (Phi) is 4.18. The maximum atomic E-state index is 11.5. The lowest BCUT2D eigenvalue weighted by molar-refractivity contribution is 0.0526. The molecule has 0 aliphatic carbocycles. The molecule has 0 atom stereocenters. The molecule has 1 aromatic heterocycles. The van der Waals surface area contributed by atoms with Gasteiger partial charge in [-0.05, 0) is 31.2 Å². The molecule has 2 aromatic rings. The molecule has 0 aliphatic rings. The number of hydrogen-bond donors (Lipinski definition) is 0. The highest BCUT2D eigenvalue weighted by atomic mass is 16.5. The quantitative estimate of drug-likeness (QED) is 0.773. The maximum absolute atomic E-state index is 11.5. The van der Waals surface area contributed by atoms with Crippen molar-refractivity contribution in [2.75, 3.05) is 6.61 Å². The van der Waals surface area contributed by atoms with Crippen molar-refractivity contribution in [3.63, 3.8) is 0 Å². The molecule has 0 unspecified atom stereocenters. The summed E-state index contributed by atoms with van der Waals surface area (Å²) in [5.41, 5.74) is 1.50. The van der Waals surface area contributed by atoms with Crippen LogP contribution >= 0.6 is 0 Å². The summed E-state index contributed by atoms with van der Waals surface area (Å²) in [7, 11) is 1.91. The Morgan fingerprint density at radius 2 is 2.05 bits per heavy atom. The number of benzene rings is 1. The Morgan fingerprint density at radius 1 is 1.32 bits per heavy atom. The number of nitrogens with zero attached hydrogens (tertiary/aromatic N) is 2. The highest BCUT2D eigenvalue weighted by Gasteiger charge is 2.06. The Bertz CT molecular complexity index is 546. The number of carbonyl (C=O) groups excluding carboxylic acids is 1. The zero-order valence-corrected chi connectivity index (χ0v) is 11.0. The molecular weight excluding hydrogens is 244 g/mol. The van der Waals surface area contributed by atoms with Gasteiger partial charge in [0.2, 0.25) is 0 Å². The topological polar surface area (TPSA) is 53.4 Å². The van der Waals surface area contributed by atoms with E-state index in [0.29, 0.717) is 24.5 Å². The molecule has 0 radical (unpaired) electrons. The Morgan fingerprint density at radius 3 is 2.63 bits per heavy atom. The van der Waals surface area contributed by atoms with Gasteiger partial charge in [0.1, 0.15) is 12.4 Å². The third-order valence-corrected chi connectivity index (χ3v) is 2.67. The van der Waals surface area contributed by atoms with Crippen LogP contribution in [0.1, 0.15) is 23.0 Å². The molecule has 0 aliphatic heterocycles. The smallest absolute Gasteiger partial charge is 0.338 e. The number of aromatic nitrogens is 2. The summed E-state index contributed by atoms with van der Waals surface area (Å²) in [4.78, 5) is 15.5. The lowest BCUT2D eigenvalue weighted by Gasteiger charge is -2.07. The average Bonchev–Trinajstić information content (AvgIpc) is 2.83. The maximum Gasteiger partial charge on any atom is 0.338 e. The number of aryl methyl sites for hydroxylation is 1. The SMILES string of the molecule is CCOC(=O)c1ccc(OCc2cncn2C)cc1. The van der Waals surface area contributed by atoms with Crippen LogP contribution in [0.25, 0.3) is 0 Å². The van der Waals surface area contributed by atoms with E-state index in [9.17, 15) is 4.79 Å². The average molecular weight is 260 g/mol. The Balaban J connectivity index is 1.95. The monoisotopic (exact) mass is 260 g/mol.